The third-order valence-corrected chi connectivity index (χ3v) is 3.64. The standard InChI is InChI=1S/C13H20BrN3O/c1-8-9(14)5-6-11(16-8)17-12(18)7-10(15)13(2,3)4/h5-6,10H,7,15H2,1-4H3,(H,16,17,18). The monoisotopic (exact) mass is 313 g/mol. The van der Waals surface area contributed by atoms with Crippen LogP contribution in [0.1, 0.15) is 32.9 Å². The van der Waals surface area contributed by atoms with Crippen molar-refractivity contribution in [2.75, 3.05) is 5.32 Å². The van der Waals surface area contributed by atoms with E-state index in [0.717, 1.165) is 10.2 Å². The third kappa shape index (κ3) is 4.38. The molecule has 0 radical (unpaired) electrons. The predicted molar refractivity (Wildman–Crippen MR) is 77.4 cm³/mol. The number of halogens is 1. The number of aromatic nitrogens is 1. The highest BCUT2D eigenvalue weighted by Gasteiger charge is 2.23. The molecule has 1 unspecified atom stereocenters. The molecule has 1 rings (SSSR count). The summed E-state index contributed by atoms with van der Waals surface area (Å²) in [5, 5.41) is 2.76. The lowest BCUT2D eigenvalue weighted by molar-refractivity contribution is -0.117. The molecule has 5 heteroatoms. The molecule has 0 aliphatic rings. The van der Waals surface area contributed by atoms with E-state index in [1.54, 1.807) is 6.07 Å². The first-order valence-corrected chi connectivity index (χ1v) is 6.68. The fourth-order valence-corrected chi connectivity index (χ4v) is 1.53. The maximum absolute atomic E-state index is 11.8. The first-order chi connectivity index (χ1) is 8.20. The quantitative estimate of drug-likeness (QED) is 0.901. The van der Waals surface area contributed by atoms with E-state index in [2.05, 4.69) is 26.2 Å². The van der Waals surface area contributed by atoms with Crippen LogP contribution in [0.25, 0.3) is 0 Å². The van der Waals surface area contributed by atoms with Gasteiger partial charge in [-0.15, -0.1) is 0 Å². The smallest absolute Gasteiger partial charge is 0.227 e. The second kappa shape index (κ2) is 5.80. The Hall–Kier alpha value is -0.940. The Morgan fingerprint density at radius 1 is 1.50 bits per heavy atom. The van der Waals surface area contributed by atoms with E-state index in [1.807, 2.05) is 33.8 Å². The molecule has 3 N–H and O–H groups in total. The number of carbonyl (C=O) groups is 1. The van der Waals surface area contributed by atoms with E-state index in [1.165, 1.54) is 0 Å². The van der Waals surface area contributed by atoms with Gasteiger partial charge in [0.2, 0.25) is 5.91 Å². The zero-order chi connectivity index (χ0) is 13.9. The van der Waals surface area contributed by atoms with Crippen molar-refractivity contribution in [2.45, 2.75) is 40.2 Å². The van der Waals surface area contributed by atoms with Gasteiger partial charge < -0.3 is 11.1 Å². The minimum absolute atomic E-state index is 0.0829. The highest BCUT2D eigenvalue weighted by molar-refractivity contribution is 9.10. The summed E-state index contributed by atoms with van der Waals surface area (Å²) in [6.07, 6.45) is 0.292. The summed E-state index contributed by atoms with van der Waals surface area (Å²) in [6, 6.07) is 3.45. The number of hydrogen-bond acceptors (Lipinski definition) is 3. The van der Waals surface area contributed by atoms with Gasteiger partial charge in [0.05, 0.1) is 5.69 Å². The van der Waals surface area contributed by atoms with Crippen LogP contribution < -0.4 is 11.1 Å². The van der Waals surface area contributed by atoms with E-state index in [0.29, 0.717) is 12.2 Å². The van der Waals surface area contributed by atoms with Crippen LogP contribution in [0.5, 0.6) is 0 Å². The second-order valence-corrected chi connectivity index (χ2v) is 6.34. The highest BCUT2D eigenvalue weighted by Crippen LogP contribution is 2.20. The lowest BCUT2D eigenvalue weighted by Gasteiger charge is -2.26. The number of rotatable bonds is 3. The van der Waals surface area contributed by atoms with Crippen molar-refractivity contribution >= 4 is 27.7 Å². The van der Waals surface area contributed by atoms with Gasteiger partial charge in [-0.25, -0.2) is 4.98 Å². The molecule has 4 nitrogen and oxygen atoms in total. The van der Waals surface area contributed by atoms with Crippen LogP contribution in [0.2, 0.25) is 0 Å². The van der Waals surface area contributed by atoms with Gasteiger partial charge in [-0.3, -0.25) is 4.79 Å². The summed E-state index contributed by atoms with van der Waals surface area (Å²) in [6.45, 7) is 7.94. The van der Waals surface area contributed by atoms with Crippen molar-refractivity contribution in [1.29, 1.82) is 0 Å². The van der Waals surface area contributed by atoms with Crippen molar-refractivity contribution in [2.24, 2.45) is 11.1 Å². The number of nitrogens with two attached hydrogens (primary N) is 1. The zero-order valence-corrected chi connectivity index (χ0v) is 12.8. The fraction of sp³-hybridized carbons (Fsp3) is 0.538. The molecule has 0 aliphatic heterocycles. The average Bonchev–Trinajstić information content (AvgIpc) is 2.22. The van der Waals surface area contributed by atoms with Gasteiger partial charge in [0, 0.05) is 16.9 Å². The van der Waals surface area contributed by atoms with Crippen LogP contribution in [-0.4, -0.2) is 16.9 Å². The minimum Gasteiger partial charge on any atom is -0.327 e. The summed E-state index contributed by atoms with van der Waals surface area (Å²) in [7, 11) is 0. The largest absolute Gasteiger partial charge is 0.327 e. The van der Waals surface area contributed by atoms with E-state index in [4.69, 9.17) is 5.73 Å². The molecule has 1 aromatic heterocycles. The van der Waals surface area contributed by atoms with E-state index < -0.39 is 0 Å². The topological polar surface area (TPSA) is 68.0 Å². The number of amides is 1. The van der Waals surface area contributed by atoms with Gasteiger partial charge in [-0.1, -0.05) is 20.8 Å². The molecule has 1 aromatic rings. The van der Waals surface area contributed by atoms with Crippen molar-refractivity contribution in [3.63, 3.8) is 0 Å². The zero-order valence-electron chi connectivity index (χ0n) is 11.2. The van der Waals surface area contributed by atoms with Gasteiger partial charge in [0.15, 0.2) is 0 Å². The van der Waals surface area contributed by atoms with E-state index >= 15 is 0 Å². The Kier molecular flexibility index (Phi) is 4.87. The molecule has 0 saturated carbocycles. The maximum atomic E-state index is 11.8. The summed E-state index contributed by atoms with van der Waals surface area (Å²) >= 11 is 3.37. The molecule has 0 aliphatic carbocycles. The number of anilines is 1. The molecule has 0 aromatic carbocycles. The summed E-state index contributed by atoms with van der Waals surface area (Å²) in [5.41, 5.74) is 6.73. The second-order valence-electron chi connectivity index (χ2n) is 5.49. The lowest BCUT2D eigenvalue weighted by Crippen LogP contribution is -2.38. The number of pyridine rings is 1. The van der Waals surface area contributed by atoms with Crippen LogP contribution in [-0.2, 0) is 4.79 Å². The average molecular weight is 314 g/mol. The van der Waals surface area contributed by atoms with Crippen molar-refractivity contribution in [3.8, 4) is 0 Å². The van der Waals surface area contributed by atoms with Crippen LogP contribution >= 0.6 is 15.9 Å². The van der Waals surface area contributed by atoms with Gasteiger partial charge in [-0.05, 0) is 40.4 Å². The third-order valence-electron chi connectivity index (χ3n) is 2.81. The number of nitrogens with zero attached hydrogens (tertiary/aromatic N) is 1. The van der Waals surface area contributed by atoms with Gasteiger partial charge >= 0.3 is 0 Å². The molecule has 1 heterocycles. The SMILES string of the molecule is Cc1nc(NC(=O)CC(N)C(C)(C)C)ccc1Br. The van der Waals surface area contributed by atoms with Gasteiger partial charge in [0.1, 0.15) is 5.82 Å². The molecule has 100 valence electrons. The highest BCUT2D eigenvalue weighted by atomic mass is 79.9. The number of hydrogen-bond donors (Lipinski definition) is 2. The van der Waals surface area contributed by atoms with Gasteiger partial charge in [0.25, 0.3) is 0 Å². The van der Waals surface area contributed by atoms with Crippen molar-refractivity contribution in [1.82, 2.24) is 4.98 Å². The minimum atomic E-state index is -0.172. The summed E-state index contributed by atoms with van der Waals surface area (Å²) < 4.78 is 0.923. The number of aryl methyl sites for hydroxylation is 1. The molecule has 1 atom stereocenters. The lowest BCUT2D eigenvalue weighted by atomic mass is 9.85. The molecule has 18 heavy (non-hydrogen) atoms. The Bertz CT molecular complexity index is 440. The number of nitrogens with one attached hydrogen (secondary N) is 1. The van der Waals surface area contributed by atoms with Crippen LogP contribution in [0.15, 0.2) is 16.6 Å². The number of carbonyl (C=O) groups excluding carboxylic acids is 1. The molecule has 0 bridgehead atoms. The Balaban J connectivity index is 2.62. The molecule has 0 saturated heterocycles. The summed E-state index contributed by atoms with van der Waals surface area (Å²) in [4.78, 5) is 16.1. The van der Waals surface area contributed by atoms with Crippen LogP contribution in [0, 0.1) is 12.3 Å². The van der Waals surface area contributed by atoms with Crippen molar-refractivity contribution < 1.29 is 4.79 Å². The Morgan fingerprint density at radius 3 is 2.61 bits per heavy atom. The van der Waals surface area contributed by atoms with Crippen molar-refractivity contribution in [3.05, 3.63) is 22.3 Å². The predicted octanol–water partition coefficient (Wildman–Crippen LogP) is 2.85. The van der Waals surface area contributed by atoms with E-state index in [-0.39, 0.29) is 17.4 Å². The molecular formula is C13H20BrN3O. The normalized spacial score (nSPS) is 13.2. The van der Waals surface area contributed by atoms with Gasteiger partial charge in [-0.2, -0.15) is 0 Å². The molecular weight excluding hydrogens is 294 g/mol. The Morgan fingerprint density at radius 2 is 2.11 bits per heavy atom. The van der Waals surface area contributed by atoms with Crippen LogP contribution in [0.4, 0.5) is 5.82 Å². The molecule has 0 fully saturated rings. The summed E-state index contributed by atoms with van der Waals surface area (Å²) in [5.74, 6) is 0.452. The molecule has 1 amide bonds. The maximum Gasteiger partial charge on any atom is 0.227 e. The first kappa shape index (κ1) is 15.1. The molecule has 0 spiro atoms. The fourth-order valence-electron chi connectivity index (χ4n) is 1.31. The van der Waals surface area contributed by atoms with E-state index in [9.17, 15) is 4.79 Å². The van der Waals surface area contributed by atoms with Crippen LogP contribution in [0.3, 0.4) is 0 Å². The first-order valence-electron chi connectivity index (χ1n) is 5.88. The Labute approximate surface area is 116 Å².